The van der Waals surface area contributed by atoms with Gasteiger partial charge in [0.2, 0.25) is 21.8 Å². The number of sulfonamides is 1. The maximum absolute atomic E-state index is 13.6. The lowest BCUT2D eigenvalue weighted by atomic mass is 9.93. The lowest BCUT2D eigenvalue weighted by Gasteiger charge is -2.36. The molecule has 45 heavy (non-hydrogen) atoms. The maximum atomic E-state index is 13.6. The average molecular weight is 641 g/mol. The molecule has 0 spiro atoms. The van der Waals surface area contributed by atoms with Crippen molar-refractivity contribution in [2.24, 2.45) is 11.8 Å². The number of amides is 2. The van der Waals surface area contributed by atoms with E-state index in [1.54, 1.807) is 29.7 Å². The number of hydrogen-bond donors (Lipinski definition) is 3. The number of aromatic hydroxyl groups is 2. The lowest BCUT2D eigenvalue weighted by molar-refractivity contribution is -0.138. The Bertz CT molecular complexity index is 1600. The number of nitrogens with zero attached hydrogens (tertiary/aromatic N) is 5. The van der Waals surface area contributed by atoms with Crippen molar-refractivity contribution >= 4 is 21.8 Å². The number of carbonyl (C=O) groups is 2. The standard InChI is InChI=1S/C32H44N6O6S/c1-5-33-31(41)30-35-34-29(26-18-25(20(2)3)27(39)19-28(26)40)38(30)23-6-8-24(9-7-23)45(43,44)37-16-12-22(13-17-37)32(42)36-14-10-21(4)11-15-36/h6,8-9,18-23,39-40H,5,7,10-17H2,1-4H3,(H,33,41). The molecular weight excluding hydrogens is 596 g/mol. The molecule has 0 saturated carbocycles. The average Bonchev–Trinajstić information content (AvgIpc) is 3.46. The summed E-state index contributed by atoms with van der Waals surface area (Å²) in [5.41, 5.74) is 0.896. The van der Waals surface area contributed by atoms with Crippen LogP contribution in [0.1, 0.15) is 87.9 Å². The van der Waals surface area contributed by atoms with Crippen LogP contribution < -0.4 is 5.32 Å². The van der Waals surface area contributed by atoms with Crippen molar-refractivity contribution in [1.82, 2.24) is 29.3 Å². The molecule has 244 valence electrons. The van der Waals surface area contributed by atoms with Crippen LogP contribution in [0.15, 0.2) is 35.3 Å². The SMILES string of the molecule is CCNC(=O)c1nnc(-c2cc(C(C)C)c(O)cc2O)n1C1C=CC(S(=O)(=O)N2CCC(C(=O)N3CCC(C)CC3)CC2)=CC1. The molecule has 12 nitrogen and oxygen atoms in total. The number of likely N-dealkylation sites (tertiary alicyclic amines) is 1. The van der Waals surface area contributed by atoms with Crippen LogP contribution in [0.25, 0.3) is 11.4 Å². The molecule has 1 aromatic heterocycles. The van der Waals surface area contributed by atoms with Crippen LogP contribution >= 0.6 is 0 Å². The molecule has 3 aliphatic rings. The predicted octanol–water partition coefficient (Wildman–Crippen LogP) is 3.91. The zero-order chi connectivity index (χ0) is 32.5. The molecule has 0 bridgehead atoms. The molecule has 2 aliphatic heterocycles. The highest BCUT2D eigenvalue weighted by Crippen LogP contribution is 2.39. The first-order valence-corrected chi connectivity index (χ1v) is 17.3. The van der Waals surface area contributed by atoms with Crippen LogP contribution in [0.2, 0.25) is 0 Å². The van der Waals surface area contributed by atoms with E-state index in [1.807, 2.05) is 18.7 Å². The van der Waals surface area contributed by atoms with Crippen molar-refractivity contribution < 1.29 is 28.2 Å². The van der Waals surface area contributed by atoms with Gasteiger partial charge >= 0.3 is 0 Å². The molecule has 2 aromatic rings. The van der Waals surface area contributed by atoms with Gasteiger partial charge in [0.1, 0.15) is 11.5 Å². The molecule has 1 unspecified atom stereocenters. The van der Waals surface area contributed by atoms with E-state index in [1.165, 1.54) is 16.4 Å². The van der Waals surface area contributed by atoms with E-state index in [2.05, 4.69) is 22.4 Å². The zero-order valence-electron chi connectivity index (χ0n) is 26.4. The van der Waals surface area contributed by atoms with E-state index >= 15 is 0 Å². The molecule has 2 amide bonds. The predicted molar refractivity (Wildman–Crippen MR) is 170 cm³/mol. The summed E-state index contributed by atoms with van der Waals surface area (Å²) in [6.45, 7) is 10.3. The smallest absolute Gasteiger partial charge is 0.289 e. The van der Waals surface area contributed by atoms with Gasteiger partial charge in [-0.3, -0.25) is 14.2 Å². The first-order chi connectivity index (χ1) is 21.4. The highest BCUT2D eigenvalue weighted by atomic mass is 32.2. The second-order valence-electron chi connectivity index (χ2n) is 12.6. The fourth-order valence-electron chi connectivity index (χ4n) is 6.37. The fraction of sp³-hybridized carbons (Fsp3) is 0.562. The summed E-state index contributed by atoms with van der Waals surface area (Å²) in [6, 6.07) is 2.37. The minimum Gasteiger partial charge on any atom is -0.508 e. The third kappa shape index (κ3) is 6.64. The number of allylic oxidation sites excluding steroid dienone is 3. The molecule has 3 N–H and O–H groups in total. The summed E-state index contributed by atoms with van der Waals surface area (Å²) < 4.78 is 30.3. The largest absolute Gasteiger partial charge is 0.508 e. The summed E-state index contributed by atoms with van der Waals surface area (Å²) in [4.78, 5) is 28.2. The van der Waals surface area contributed by atoms with Crippen LogP contribution in [0, 0.1) is 11.8 Å². The van der Waals surface area contributed by atoms with Gasteiger partial charge in [-0.05, 0) is 68.6 Å². The van der Waals surface area contributed by atoms with E-state index in [4.69, 9.17) is 0 Å². The van der Waals surface area contributed by atoms with Gasteiger partial charge in [0.25, 0.3) is 5.91 Å². The summed E-state index contributed by atoms with van der Waals surface area (Å²) >= 11 is 0. The van der Waals surface area contributed by atoms with Crippen molar-refractivity contribution in [3.05, 3.63) is 46.7 Å². The van der Waals surface area contributed by atoms with Gasteiger partial charge in [0.15, 0.2) is 5.82 Å². The highest BCUT2D eigenvalue weighted by molar-refractivity contribution is 7.93. The Hall–Kier alpha value is -3.71. The van der Waals surface area contributed by atoms with Gasteiger partial charge in [-0.25, -0.2) is 8.42 Å². The second-order valence-corrected chi connectivity index (χ2v) is 14.6. The molecule has 13 heteroatoms. The third-order valence-corrected chi connectivity index (χ3v) is 11.1. The topological polar surface area (TPSA) is 158 Å². The Morgan fingerprint density at radius 1 is 1.02 bits per heavy atom. The number of aromatic nitrogens is 3. The van der Waals surface area contributed by atoms with E-state index < -0.39 is 22.0 Å². The molecule has 2 saturated heterocycles. The Morgan fingerprint density at radius 3 is 2.31 bits per heavy atom. The third-order valence-electron chi connectivity index (χ3n) is 9.16. The van der Waals surface area contributed by atoms with Gasteiger partial charge in [0, 0.05) is 44.7 Å². The first kappa shape index (κ1) is 32.7. The van der Waals surface area contributed by atoms with Crippen molar-refractivity contribution in [3.63, 3.8) is 0 Å². The van der Waals surface area contributed by atoms with Crippen LogP contribution in [-0.2, 0) is 14.8 Å². The Morgan fingerprint density at radius 2 is 1.71 bits per heavy atom. The Labute approximate surface area is 264 Å². The van der Waals surface area contributed by atoms with Crippen LogP contribution in [0.4, 0.5) is 0 Å². The molecule has 1 aromatic carbocycles. The fourth-order valence-corrected chi connectivity index (χ4v) is 7.92. The lowest BCUT2D eigenvalue weighted by Crippen LogP contribution is -2.46. The number of nitrogens with one attached hydrogen (secondary N) is 1. The van der Waals surface area contributed by atoms with Crippen molar-refractivity contribution in [3.8, 4) is 22.9 Å². The van der Waals surface area contributed by atoms with Crippen LogP contribution in [0.3, 0.4) is 0 Å². The second kappa shape index (κ2) is 13.3. The first-order valence-electron chi connectivity index (χ1n) is 15.9. The minimum atomic E-state index is -3.79. The normalized spacial score (nSPS) is 20.4. The maximum Gasteiger partial charge on any atom is 0.289 e. The van der Waals surface area contributed by atoms with Crippen LogP contribution in [0.5, 0.6) is 11.5 Å². The summed E-state index contributed by atoms with van der Waals surface area (Å²) in [5.74, 6) is 0.0938. The van der Waals surface area contributed by atoms with Crippen molar-refractivity contribution in [2.75, 3.05) is 32.7 Å². The van der Waals surface area contributed by atoms with E-state index in [9.17, 15) is 28.2 Å². The summed E-state index contributed by atoms with van der Waals surface area (Å²) in [6.07, 6.45) is 8.13. The molecule has 2 fully saturated rings. The molecule has 1 aliphatic carbocycles. The molecule has 1 atom stereocenters. The number of rotatable bonds is 8. The molecule has 5 rings (SSSR count). The zero-order valence-corrected chi connectivity index (χ0v) is 27.3. The number of carbonyl (C=O) groups excluding carboxylic acids is 2. The minimum absolute atomic E-state index is 0.0229. The summed E-state index contributed by atoms with van der Waals surface area (Å²) in [5, 5.41) is 32.3. The molecule has 0 radical (unpaired) electrons. The van der Waals surface area contributed by atoms with Crippen LogP contribution in [-0.4, -0.2) is 87.1 Å². The Kier molecular flexibility index (Phi) is 9.68. The van der Waals surface area contributed by atoms with Gasteiger partial charge in [-0.2, -0.15) is 4.31 Å². The van der Waals surface area contributed by atoms with E-state index in [0.29, 0.717) is 36.4 Å². The number of piperidine rings is 2. The highest BCUT2D eigenvalue weighted by Gasteiger charge is 2.36. The number of benzene rings is 1. The summed E-state index contributed by atoms with van der Waals surface area (Å²) in [7, 11) is -3.79. The Balaban J connectivity index is 1.34. The van der Waals surface area contributed by atoms with Gasteiger partial charge in [0.05, 0.1) is 16.5 Å². The molecule has 3 heterocycles. The monoisotopic (exact) mass is 640 g/mol. The number of phenols is 2. The van der Waals surface area contributed by atoms with E-state index in [-0.39, 0.29) is 65.3 Å². The number of hydrogen-bond acceptors (Lipinski definition) is 8. The quantitative estimate of drug-likeness (QED) is 0.392. The van der Waals surface area contributed by atoms with Crippen molar-refractivity contribution in [2.45, 2.75) is 71.8 Å². The van der Waals surface area contributed by atoms with E-state index in [0.717, 1.165) is 25.9 Å². The van der Waals surface area contributed by atoms with Crippen molar-refractivity contribution in [1.29, 1.82) is 0 Å². The van der Waals surface area contributed by atoms with Gasteiger partial charge in [-0.1, -0.05) is 32.9 Å². The van der Waals surface area contributed by atoms with Gasteiger partial charge in [-0.15, -0.1) is 10.2 Å². The molecular formula is C32H44N6O6S. The van der Waals surface area contributed by atoms with Gasteiger partial charge < -0.3 is 20.4 Å². The number of phenolic OH excluding ortho intramolecular Hbond substituents is 2.